The second kappa shape index (κ2) is 14.1. The van der Waals surface area contributed by atoms with Gasteiger partial charge in [-0.1, -0.05) is 40.0 Å². The first-order valence-electron chi connectivity index (χ1n) is 9.30. The Hall–Kier alpha value is -0.520. The summed E-state index contributed by atoms with van der Waals surface area (Å²) in [5, 5.41) is 0. The summed E-state index contributed by atoms with van der Waals surface area (Å²) >= 11 is 0. The third-order valence-electron chi connectivity index (χ3n) is 4.25. The van der Waals surface area contributed by atoms with Gasteiger partial charge in [-0.25, -0.2) is 0 Å². The number of rotatable bonds is 3. The molecular formula is C20H39NO. The molecule has 0 spiro atoms. The van der Waals surface area contributed by atoms with Crippen LogP contribution in [-0.4, -0.2) is 38.8 Å². The predicted molar refractivity (Wildman–Crippen MR) is 98.0 cm³/mol. The number of ether oxygens (including phenoxy) is 1. The van der Waals surface area contributed by atoms with Gasteiger partial charge in [-0.15, -0.1) is 5.92 Å². The zero-order chi connectivity index (χ0) is 16.8. The molecule has 2 fully saturated rings. The Bertz CT molecular complexity index is 288. The Morgan fingerprint density at radius 1 is 1.09 bits per heavy atom. The first-order chi connectivity index (χ1) is 10.6. The van der Waals surface area contributed by atoms with E-state index in [2.05, 4.69) is 37.6 Å². The smallest absolute Gasteiger partial charge is 0.0464 e. The van der Waals surface area contributed by atoms with Crippen LogP contribution in [0.15, 0.2) is 0 Å². The number of methoxy groups -OCH3 is 1. The highest BCUT2D eigenvalue weighted by Gasteiger charge is 2.15. The molecule has 1 aliphatic heterocycles. The average Bonchev–Trinajstić information content (AvgIpc) is 2.47. The topological polar surface area (TPSA) is 12.5 Å². The number of likely N-dealkylation sites (tertiary alicyclic amines) is 1. The molecule has 0 bridgehead atoms. The third-order valence-corrected chi connectivity index (χ3v) is 4.25. The third kappa shape index (κ3) is 11.1. The number of hydrogen-bond acceptors (Lipinski definition) is 2. The zero-order valence-corrected chi connectivity index (χ0v) is 16.0. The Balaban J connectivity index is 0.000000366. The van der Waals surface area contributed by atoms with E-state index in [-0.39, 0.29) is 0 Å². The van der Waals surface area contributed by atoms with E-state index < -0.39 is 0 Å². The predicted octanol–water partition coefficient (Wildman–Crippen LogP) is 4.84. The molecule has 1 saturated heterocycles. The van der Waals surface area contributed by atoms with E-state index in [0.29, 0.717) is 5.92 Å². The fourth-order valence-electron chi connectivity index (χ4n) is 2.47. The molecule has 1 saturated carbocycles. The van der Waals surface area contributed by atoms with Crippen LogP contribution in [0.3, 0.4) is 0 Å². The van der Waals surface area contributed by atoms with Gasteiger partial charge in [-0.05, 0) is 58.2 Å². The van der Waals surface area contributed by atoms with Crippen molar-refractivity contribution < 1.29 is 4.74 Å². The first-order valence-corrected chi connectivity index (χ1v) is 9.30. The molecule has 2 heteroatoms. The molecule has 1 aliphatic carbocycles. The molecule has 0 N–H and O–H groups in total. The van der Waals surface area contributed by atoms with Crippen molar-refractivity contribution in [3.8, 4) is 11.8 Å². The lowest BCUT2D eigenvalue weighted by molar-refractivity contribution is 0.146. The van der Waals surface area contributed by atoms with Crippen LogP contribution in [-0.2, 0) is 4.74 Å². The molecular weight excluding hydrogens is 270 g/mol. The highest BCUT2D eigenvalue weighted by atomic mass is 16.5. The molecule has 1 heterocycles. The molecule has 2 nitrogen and oxygen atoms in total. The van der Waals surface area contributed by atoms with Crippen LogP contribution >= 0.6 is 0 Å². The van der Waals surface area contributed by atoms with Crippen LogP contribution in [0.5, 0.6) is 0 Å². The Kier molecular flexibility index (Phi) is 13.8. The summed E-state index contributed by atoms with van der Waals surface area (Å²) in [6.07, 6.45) is 8.07. The maximum Gasteiger partial charge on any atom is 0.0464 e. The Labute approximate surface area is 140 Å². The highest BCUT2D eigenvalue weighted by Crippen LogP contribution is 2.25. The van der Waals surface area contributed by atoms with Crippen LogP contribution in [0.1, 0.15) is 66.2 Å². The summed E-state index contributed by atoms with van der Waals surface area (Å²) in [5.74, 6) is 8.71. The molecule has 130 valence electrons. The van der Waals surface area contributed by atoms with Gasteiger partial charge in [-0.2, -0.15) is 0 Å². The van der Waals surface area contributed by atoms with Crippen molar-refractivity contribution >= 4 is 0 Å². The maximum atomic E-state index is 5.06. The van der Waals surface area contributed by atoms with Crippen molar-refractivity contribution in [3.63, 3.8) is 0 Å². The standard InChI is InChI=1S/C9H19NO.C9H14.C2H6/c1-10-6-3-9(4-7-10)5-8-11-2;1-8(2)6-7-9-4-3-5-9;1-2/h9H,3-8H2,1-2H3;8-9H,3-5H2,1-2H3;1-2H3. The largest absolute Gasteiger partial charge is 0.385 e. The van der Waals surface area contributed by atoms with E-state index in [0.717, 1.165) is 18.4 Å². The van der Waals surface area contributed by atoms with E-state index in [1.807, 2.05) is 13.8 Å². The number of piperidine rings is 1. The zero-order valence-electron chi connectivity index (χ0n) is 16.0. The fraction of sp³-hybridized carbons (Fsp3) is 0.900. The summed E-state index contributed by atoms with van der Waals surface area (Å²) in [6.45, 7) is 11.8. The van der Waals surface area contributed by atoms with E-state index in [9.17, 15) is 0 Å². The van der Waals surface area contributed by atoms with Crippen LogP contribution in [0.2, 0.25) is 0 Å². The van der Waals surface area contributed by atoms with E-state index in [4.69, 9.17) is 4.74 Å². The monoisotopic (exact) mass is 309 g/mol. The number of hydrogen-bond donors (Lipinski definition) is 0. The van der Waals surface area contributed by atoms with Crippen molar-refractivity contribution in [1.29, 1.82) is 0 Å². The summed E-state index contributed by atoms with van der Waals surface area (Å²) in [5.41, 5.74) is 0. The van der Waals surface area contributed by atoms with Gasteiger partial charge in [0.25, 0.3) is 0 Å². The van der Waals surface area contributed by atoms with Crippen LogP contribution in [0.25, 0.3) is 0 Å². The molecule has 0 aromatic rings. The summed E-state index contributed by atoms with van der Waals surface area (Å²) < 4.78 is 5.06. The van der Waals surface area contributed by atoms with Gasteiger partial charge in [0, 0.05) is 25.6 Å². The quantitative estimate of drug-likeness (QED) is 0.692. The van der Waals surface area contributed by atoms with Gasteiger partial charge in [0.15, 0.2) is 0 Å². The van der Waals surface area contributed by atoms with Crippen molar-refractivity contribution in [3.05, 3.63) is 0 Å². The second-order valence-electron chi connectivity index (χ2n) is 6.60. The average molecular weight is 310 g/mol. The summed E-state index contributed by atoms with van der Waals surface area (Å²) in [7, 11) is 3.99. The molecule has 0 aromatic heterocycles. The van der Waals surface area contributed by atoms with E-state index >= 15 is 0 Å². The normalized spacial score (nSPS) is 19.0. The maximum absolute atomic E-state index is 5.06. The van der Waals surface area contributed by atoms with Crippen LogP contribution in [0, 0.1) is 29.6 Å². The van der Waals surface area contributed by atoms with Crippen molar-refractivity contribution in [2.24, 2.45) is 17.8 Å². The first kappa shape index (κ1) is 21.5. The molecule has 0 aromatic carbocycles. The molecule has 0 amide bonds. The SMILES string of the molecule is CC.CC(C)C#CC1CCC1.COCCC1CCN(C)CC1. The van der Waals surface area contributed by atoms with E-state index in [1.165, 1.54) is 51.6 Å². The fourth-order valence-corrected chi connectivity index (χ4v) is 2.47. The van der Waals surface area contributed by atoms with E-state index in [1.54, 1.807) is 7.11 Å². The lowest BCUT2D eigenvalue weighted by Gasteiger charge is -2.28. The van der Waals surface area contributed by atoms with Crippen molar-refractivity contribution in [2.75, 3.05) is 33.9 Å². The molecule has 22 heavy (non-hydrogen) atoms. The molecule has 0 atom stereocenters. The Morgan fingerprint density at radius 2 is 1.68 bits per heavy atom. The number of nitrogens with zero attached hydrogens (tertiary/aromatic N) is 1. The summed E-state index contributed by atoms with van der Waals surface area (Å²) in [4.78, 5) is 2.41. The minimum absolute atomic E-state index is 0.561. The van der Waals surface area contributed by atoms with Crippen LogP contribution in [0.4, 0.5) is 0 Å². The van der Waals surface area contributed by atoms with Gasteiger partial charge >= 0.3 is 0 Å². The Morgan fingerprint density at radius 3 is 2.09 bits per heavy atom. The van der Waals surface area contributed by atoms with Crippen molar-refractivity contribution in [1.82, 2.24) is 4.90 Å². The minimum atomic E-state index is 0.561. The van der Waals surface area contributed by atoms with Gasteiger partial charge in [0.1, 0.15) is 0 Å². The van der Waals surface area contributed by atoms with Crippen LogP contribution < -0.4 is 0 Å². The van der Waals surface area contributed by atoms with Gasteiger partial charge in [0.2, 0.25) is 0 Å². The molecule has 0 radical (unpaired) electrons. The minimum Gasteiger partial charge on any atom is -0.385 e. The molecule has 2 aliphatic rings. The second-order valence-corrected chi connectivity index (χ2v) is 6.60. The molecule has 2 rings (SSSR count). The lowest BCUT2D eigenvalue weighted by Crippen LogP contribution is -2.30. The van der Waals surface area contributed by atoms with Gasteiger partial charge in [-0.3, -0.25) is 0 Å². The highest BCUT2D eigenvalue weighted by molar-refractivity contribution is 5.07. The van der Waals surface area contributed by atoms with Gasteiger partial charge in [0.05, 0.1) is 0 Å². The summed E-state index contributed by atoms with van der Waals surface area (Å²) in [6, 6.07) is 0. The van der Waals surface area contributed by atoms with Crippen molar-refractivity contribution in [2.45, 2.75) is 66.2 Å². The van der Waals surface area contributed by atoms with Gasteiger partial charge < -0.3 is 9.64 Å². The molecule has 0 unspecified atom stereocenters. The lowest BCUT2D eigenvalue weighted by atomic mass is 9.86.